The van der Waals surface area contributed by atoms with E-state index in [4.69, 9.17) is 4.42 Å². The summed E-state index contributed by atoms with van der Waals surface area (Å²) in [5.74, 6) is 1.58. The first-order chi connectivity index (χ1) is 9.22. The monoisotopic (exact) mass is 253 g/mol. The summed E-state index contributed by atoms with van der Waals surface area (Å²) in [6.45, 7) is 4.00. The molecular formula is C16H15NO2. The van der Waals surface area contributed by atoms with Crippen LogP contribution in [0.25, 0.3) is 16.8 Å². The number of aryl methyl sites for hydroxylation is 2. The molecule has 0 aliphatic heterocycles. The highest BCUT2D eigenvalue weighted by Crippen LogP contribution is 2.28. The maximum Gasteiger partial charge on any atom is 0.167 e. The van der Waals surface area contributed by atoms with Gasteiger partial charge in [0.15, 0.2) is 6.29 Å². The second-order valence-corrected chi connectivity index (χ2v) is 4.66. The van der Waals surface area contributed by atoms with Gasteiger partial charge in [0.25, 0.3) is 0 Å². The predicted molar refractivity (Wildman–Crippen MR) is 74.6 cm³/mol. The van der Waals surface area contributed by atoms with E-state index in [0.717, 1.165) is 35.3 Å². The second-order valence-electron chi connectivity index (χ2n) is 4.66. The lowest BCUT2D eigenvalue weighted by molar-refractivity contribution is 0.111. The Bertz CT molecular complexity index is 749. The molecule has 3 nitrogen and oxygen atoms in total. The number of aldehydes is 1. The average Bonchev–Trinajstić information content (AvgIpc) is 3.00. The number of aromatic nitrogens is 1. The fraction of sp³-hybridized carbons (Fsp3) is 0.188. The van der Waals surface area contributed by atoms with Gasteiger partial charge in [0.05, 0.1) is 5.69 Å². The Morgan fingerprint density at radius 1 is 1.26 bits per heavy atom. The average molecular weight is 253 g/mol. The molecule has 19 heavy (non-hydrogen) atoms. The van der Waals surface area contributed by atoms with Crippen LogP contribution in [-0.2, 0) is 6.42 Å². The Kier molecular flexibility index (Phi) is 2.75. The molecule has 3 heteroatoms. The van der Waals surface area contributed by atoms with Gasteiger partial charge in [0.1, 0.15) is 11.5 Å². The SMILES string of the molecule is CCc1ccc2cc(-c3ccc(C)o3)c(C=O)n2c1. The molecule has 0 aliphatic carbocycles. The van der Waals surface area contributed by atoms with Gasteiger partial charge in [-0.1, -0.05) is 13.0 Å². The smallest absolute Gasteiger partial charge is 0.167 e. The number of hydrogen-bond donors (Lipinski definition) is 0. The van der Waals surface area contributed by atoms with Crippen LogP contribution in [0, 0.1) is 6.92 Å². The first-order valence-electron chi connectivity index (χ1n) is 6.39. The lowest BCUT2D eigenvalue weighted by Gasteiger charge is -2.01. The minimum atomic E-state index is 0.639. The Balaban J connectivity index is 2.28. The molecule has 0 unspecified atom stereocenters. The van der Waals surface area contributed by atoms with Crippen LogP contribution < -0.4 is 0 Å². The third-order valence-electron chi connectivity index (χ3n) is 3.39. The van der Waals surface area contributed by atoms with E-state index in [1.54, 1.807) is 0 Å². The van der Waals surface area contributed by atoms with Crippen LogP contribution in [0.1, 0.15) is 28.7 Å². The molecule has 0 amide bonds. The highest BCUT2D eigenvalue weighted by atomic mass is 16.3. The second kappa shape index (κ2) is 4.43. The molecule has 0 bridgehead atoms. The molecule has 0 N–H and O–H groups in total. The van der Waals surface area contributed by atoms with Gasteiger partial charge in [0.2, 0.25) is 0 Å². The van der Waals surface area contributed by atoms with Gasteiger partial charge in [-0.05, 0) is 43.2 Å². The van der Waals surface area contributed by atoms with Crippen molar-refractivity contribution in [1.29, 1.82) is 0 Å². The third kappa shape index (κ3) is 1.87. The number of nitrogens with zero attached hydrogens (tertiary/aromatic N) is 1. The van der Waals surface area contributed by atoms with Crippen molar-refractivity contribution >= 4 is 11.8 Å². The third-order valence-corrected chi connectivity index (χ3v) is 3.39. The molecule has 0 atom stereocenters. The van der Waals surface area contributed by atoms with E-state index in [-0.39, 0.29) is 0 Å². The van der Waals surface area contributed by atoms with Gasteiger partial charge in [-0.2, -0.15) is 0 Å². The fourth-order valence-electron chi connectivity index (χ4n) is 2.34. The molecule has 3 aromatic rings. The summed E-state index contributed by atoms with van der Waals surface area (Å²) in [4.78, 5) is 11.4. The zero-order valence-electron chi connectivity index (χ0n) is 11.0. The lowest BCUT2D eigenvalue weighted by Crippen LogP contribution is -1.94. The van der Waals surface area contributed by atoms with E-state index < -0.39 is 0 Å². The Labute approximate surface area is 111 Å². The first-order valence-corrected chi connectivity index (χ1v) is 6.39. The topological polar surface area (TPSA) is 34.6 Å². The number of carbonyl (C=O) groups excluding carboxylic acids is 1. The number of pyridine rings is 1. The van der Waals surface area contributed by atoms with E-state index in [1.165, 1.54) is 5.56 Å². The highest BCUT2D eigenvalue weighted by Gasteiger charge is 2.14. The molecule has 0 aromatic carbocycles. The Morgan fingerprint density at radius 3 is 2.74 bits per heavy atom. The largest absolute Gasteiger partial charge is 0.461 e. The maximum absolute atomic E-state index is 11.4. The fourth-order valence-corrected chi connectivity index (χ4v) is 2.34. The predicted octanol–water partition coefficient (Wildman–Crippen LogP) is 3.88. The van der Waals surface area contributed by atoms with Crippen LogP contribution in [0.2, 0.25) is 0 Å². The molecule has 0 fully saturated rings. The van der Waals surface area contributed by atoms with Gasteiger partial charge < -0.3 is 8.82 Å². The summed E-state index contributed by atoms with van der Waals surface area (Å²) in [6.07, 6.45) is 3.85. The first kappa shape index (κ1) is 11.8. The van der Waals surface area contributed by atoms with E-state index in [1.807, 2.05) is 41.8 Å². The van der Waals surface area contributed by atoms with Crippen molar-refractivity contribution in [2.75, 3.05) is 0 Å². The van der Waals surface area contributed by atoms with Gasteiger partial charge >= 0.3 is 0 Å². The standard InChI is InChI=1S/C16H15NO2/c1-3-12-5-6-13-8-14(15(10-18)17(13)9-12)16-7-4-11(2)19-16/h4-10H,3H2,1-2H3. The van der Waals surface area contributed by atoms with Gasteiger partial charge in [-0.15, -0.1) is 0 Å². The van der Waals surface area contributed by atoms with Crippen molar-refractivity contribution in [2.24, 2.45) is 0 Å². The summed E-state index contributed by atoms with van der Waals surface area (Å²) < 4.78 is 7.56. The minimum absolute atomic E-state index is 0.639. The molecular weight excluding hydrogens is 238 g/mol. The van der Waals surface area contributed by atoms with E-state index in [9.17, 15) is 4.79 Å². The van der Waals surface area contributed by atoms with Gasteiger partial charge in [-0.25, -0.2) is 0 Å². The molecule has 0 spiro atoms. The van der Waals surface area contributed by atoms with Crippen LogP contribution in [0.5, 0.6) is 0 Å². The van der Waals surface area contributed by atoms with Crippen LogP contribution in [-0.4, -0.2) is 10.7 Å². The quantitative estimate of drug-likeness (QED) is 0.664. The van der Waals surface area contributed by atoms with Crippen molar-refractivity contribution in [3.8, 4) is 11.3 Å². The highest BCUT2D eigenvalue weighted by molar-refractivity contribution is 5.88. The zero-order chi connectivity index (χ0) is 13.4. The van der Waals surface area contributed by atoms with Crippen molar-refractivity contribution in [2.45, 2.75) is 20.3 Å². The molecule has 0 saturated heterocycles. The molecule has 0 saturated carbocycles. The Hall–Kier alpha value is -2.29. The van der Waals surface area contributed by atoms with Gasteiger partial charge in [0, 0.05) is 17.3 Å². The van der Waals surface area contributed by atoms with Crippen LogP contribution in [0.3, 0.4) is 0 Å². The van der Waals surface area contributed by atoms with Crippen molar-refractivity contribution in [1.82, 2.24) is 4.40 Å². The lowest BCUT2D eigenvalue weighted by atomic mass is 10.2. The summed E-state index contributed by atoms with van der Waals surface area (Å²) in [7, 11) is 0. The van der Waals surface area contributed by atoms with E-state index in [2.05, 4.69) is 13.0 Å². The van der Waals surface area contributed by atoms with Crippen molar-refractivity contribution in [3.05, 3.63) is 53.5 Å². The number of rotatable bonds is 3. The molecule has 0 aliphatic rings. The number of fused-ring (bicyclic) bond motifs is 1. The van der Waals surface area contributed by atoms with Crippen molar-refractivity contribution < 1.29 is 9.21 Å². The maximum atomic E-state index is 11.4. The molecule has 0 radical (unpaired) electrons. The molecule has 3 heterocycles. The molecule has 3 aromatic heterocycles. The minimum Gasteiger partial charge on any atom is -0.461 e. The van der Waals surface area contributed by atoms with E-state index >= 15 is 0 Å². The van der Waals surface area contributed by atoms with Crippen LogP contribution >= 0.6 is 0 Å². The summed E-state index contributed by atoms with van der Waals surface area (Å²) in [5, 5.41) is 0. The van der Waals surface area contributed by atoms with Crippen LogP contribution in [0.15, 0.2) is 40.9 Å². The molecule has 3 rings (SSSR count). The summed E-state index contributed by atoms with van der Waals surface area (Å²) >= 11 is 0. The number of furan rings is 1. The number of carbonyl (C=O) groups is 1. The van der Waals surface area contributed by atoms with E-state index in [0.29, 0.717) is 5.69 Å². The zero-order valence-corrected chi connectivity index (χ0v) is 11.0. The Morgan fingerprint density at radius 2 is 2.11 bits per heavy atom. The molecule has 96 valence electrons. The number of hydrogen-bond acceptors (Lipinski definition) is 2. The summed E-state index contributed by atoms with van der Waals surface area (Å²) in [5.41, 5.74) is 3.69. The van der Waals surface area contributed by atoms with Gasteiger partial charge in [-0.3, -0.25) is 4.79 Å². The van der Waals surface area contributed by atoms with Crippen molar-refractivity contribution in [3.63, 3.8) is 0 Å². The normalized spacial score (nSPS) is 11.1. The summed E-state index contributed by atoms with van der Waals surface area (Å²) in [6, 6.07) is 9.91. The van der Waals surface area contributed by atoms with Crippen LogP contribution in [0.4, 0.5) is 0 Å².